The smallest absolute Gasteiger partial charge is 0.303 e. The molecule has 0 radical (unpaired) electrons. The Labute approximate surface area is 55.2 Å². The van der Waals surface area contributed by atoms with Crippen LogP contribution in [0.2, 0.25) is 0 Å². The van der Waals surface area contributed by atoms with Crippen LogP contribution < -0.4 is 0 Å². The van der Waals surface area contributed by atoms with Crippen LogP contribution in [0.1, 0.15) is 19.8 Å². The summed E-state index contributed by atoms with van der Waals surface area (Å²) in [6.07, 6.45) is 2.70. The molecule has 9 heavy (non-hydrogen) atoms. The Morgan fingerprint density at radius 2 is 2.44 bits per heavy atom. The Morgan fingerprint density at radius 1 is 1.89 bits per heavy atom. The average molecular weight is 128 g/mol. The molecule has 0 aromatic carbocycles. The van der Waals surface area contributed by atoms with Gasteiger partial charge in [0, 0.05) is 6.42 Å². The number of allylic oxidation sites excluding steroid dienone is 1. The molecule has 2 nitrogen and oxygen atoms in total. The molecule has 0 heterocycles. The summed E-state index contributed by atoms with van der Waals surface area (Å²) in [5, 5.41) is 8.22. The minimum absolute atomic E-state index is 0.243. The van der Waals surface area contributed by atoms with Crippen molar-refractivity contribution in [3.05, 3.63) is 12.7 Å². The molecule has 1 unspecified atom stereocenters. The number of carbonyl (C=O) groups is 1. The minimum atomic E-state index is -0.733. The average Bonchev–Trinajstić information content (AvgIpc) is 1.83. The van der Waals surface area contributed by atoms with Crippen molar-refractivity contribution >= 4 is 5.97 Å². The first kappa shape index (κ1) is 8.21. The third kappa shape index (κ3) is 5.07. The number of hydrogen-bond acceptors (Lipinski definition) is 1. The van der Waals surface area contributed by atoms with Gasteiger partial charge in [-0.15, -0.1) is 6.58 Å². The fraction of sp³-hybridized carbons (Fsp3) is 0.571. The van der Waals surface area contributed by atoms with Crippen LogP contribution in [0.15, 0.2) is 12.7 Å². The van der Waals surface area contributed by atoms with Gasteiger partial charge in [0.25, 0.3) is 0 Å². The van der Waals surface area contributed by atoms with E-state index < -0.39 is 5.97 Å². The Hall–Kier alpha value is -0.790. The fourth-order valence-electron chi connectivity index (χ4n) is 0.469. The lowest BCUT2D eigenvalue weighted by Crippen LogP contribution is -1.97. The summed E-state index contributed by atoms with van der Waals surface area (Å²) >= 11 is 0. The minimum Gasteiger partial charge on any atom is -0.481 e. The third-order valence-electron chi connectivity index (χ3n) is 1.22. The molecule has 0 aliphatic rings. The van der Waals surface area contributed by atoms with Crippen molar-refractivity contribution < 1.29 is 9.90 Å². The predicted molar refractivity (Wildman–Crippen MR) is 36.2 cm³/mol. The van der Waals surface area contributed by atoms with Crippen molar-refractivity contribution in [2.75, 3.05) is 0 Å². The van der Waals surface area contributed by atoms with Crippen molar-refractivity contribution in [1.29, 1.82) is 0 Å². The van der Waals surface area contributed by atoms with E-state index in [0.29, 0.717) is 12.3 Å². The molecule has 2 heteroatoms. The summed E-state index contributed by atoms with van der Waals surface area (Å²) < 4.78 is 0. The highest BCUT2D eigenvalue weighted by Gasteiger charge is 1.99. The third-order valence-corrected chi connectivity index (χ3v) is 1.22. The van der Waals surface area contributed by atoms with Crippen molar-refractivity contribution in [1.82, 2.24) is 0 Å². The van der Waals surface area contributed by atoms with Crippen molar-refractivity contribution in [2.45, 2.75) is 19.8 Å². The van der Waals surface area contributed by atoms with E-state index in [1.807, 2.05) is 6.92 Å². The highest BCUT2D eigenvalue weighted by atomic mass is 16.4. The number of hydrogen-bond donors (Lipinski definition) is 1. The lowest BCUT2D eigenvalue weighted by molar-refractivity contribution is -0.137. The lowest BCUT2D eigenvalue weighted by Gasteiger charge is -1.99. The molecular weight excluding hydrogens is 116 g/mol. The van der Waals surface area contributed by atoms with Crippen molar-refractivity contribution in [3.63, 3.8) is 0 Å². The topological polar surface area (TPSA) is 37.3 Å². The molecule has 0 aliphatic carbocycles. The van der Waals surface area contributed by atoms with Gasteiger partial charge in [0.1, 0.15) is 0 Å². The molecule has 0 aromatic heterocycles. The Balaban J connectivity index is 3.26. The van der Waals surface area contributed by atoms with E-state index in [4.69, 9.17) is 5.11 Å². The zero-order chi connectivity index (χ0) is 7.28. The van der Waals surface area contributed by atoms with Gasteiger partial charge >= 0.3 is 5.97 Å². The van der Waals surface area contributed by atoms with E-state index in [0.717, 1.165) is 0 Å². The molecule has 0 saturated carbocycles. The monoisotopic (exact) mass is 128 g/mol. The SMILES string of the molecule is C=CC(C)CCC(=O)O. The van der Waals surface area contributed by atoms with Gasteiger partial charge in [0.05, 0.1) is 0 Å². The first-order valence-corrected chi connectivity index (χ1v) is 3.01. The highest BCUT2D eigenvalue weighted by Crippen LogP contribution is 2.04. The van der Waals surface area contributed by atoms with Crippen LogP contribution in [0.3, 0.4) is 0 Å². The van der Waals surface area contributed by atoms with Crippen molar-refractivity contribution in [2.24, 2.45) is 5.92 Å². The zero-order valence-electron chi connectivity index (χ0n) is 5.63. The Bertz CT molecular complexity index is 107. The molecule has 1 N–H and O–H groups in total. The van der Waals surface area contributed by atoms with Gasteiger partial charge in [-0.1, -0.05) is 13.0 Å². The molecular formula is C7H12O2. The summed E-state index contributed by atoms with van der Waals surface area (Å²) in [6.45, 7) is 5.50. The van der Waals surface area contributed by atoms with E-state index >= 15 is 0 Å². The molecule has 0 aromatic rings. The second-order valence-electron chi connectivity index (χ2n) is 2.15. The van der Waals surface area contributed by atoms with Crippen LogP contribution in [0.4, 0.5) is 0 Å². The van der Waals surface area contributed by atoms with Crippen LogP contribution in [0, 0.1) is 5.92 Å². The van der Waals surface area contributed by atoms with Gasteiger partial charge in [-0.25, -0.2) is 0 Å². The number of aliphatic carboxylic acids is 1. The van der Waals surface area contributed by atoms with Gasteiger partial charge in [0.2, 0.25) is 0 Å². The zero-order valence-corrected chi connectivity index (χ0v) is 5.63. The van der Waals surface area contributed by atoms with Gasteiger partial charge in [0.15, 0.2) is 0 Å². The molecule has 0 saturated heterocycles. The summed E-state index contributed by atoms with van der Waals surface area (Å²) in [6, 6.07) is 0. The van der Waals surface area contributed by atoms with Crippen LogP contribution in [-0.4, -0.2) is 11.1 Å². The Kier molecular flexibility index (Phi) is 3.76. The van der Waals surface area contributed by atoms with E-state index in [-0.39, 0.29) is 6.42 Å². The lowest BCUT2D eigenvalue weighted by atomic mass is 10.1. The maximum Gasteiger partial charge on any atom is 0.303 e. The van der Waals surface area contributed by atoms with Gasteiger partial charge < -0.3 is 5.11 Å². The van der Waals surface area contributed by atoms with Crippen LogP contribution in [-0.2, 0) is 4.79 Å². The standard InChI is InChI=1S/C7H12O2/c1-3-6(2)4-5-7(8)9/h3,6H,1,4-5H2,2H3,(H,8,9). The quantitative estimate of drug-likeness (QED) is 0.585. The first-order chi connectivity index (χ1) is 4.16. The summed E-state index contributed by atoms with van der Waals surface area (Å²) in [4.78, 5) is 9.99. The summed E-state index contributed by atoms with van der Waals surface area (Å²) in [7, 11) is 0. The maximum absolute atomic E-state index is 9.99. The van der Waals surface area contributed by atoms with E-state index in [1.54, 1.807) is 6.08 Å². The first-order valence-electron chi connectivity index (χ1n) is 3.01. The predicted octanol–water partition coefficient (Wildman–Crippen LogP) is 1.67. The van der Waals surface area contributed by atoms with Crippen LogP contribution >= 0.6 is 0 Å². The number of carboxylic acids is 1. The van der Waals surface area contributed by atoms with E-state index in [9.17, 15) is 4.79 Å². The van der Waals surface area contributed by atoms with Gasteiger partial charge in [-0.05, 0) is 12.3 Å². The van der Waals surface area contributed by atoms with Crippen LogP contribution in [0.5, 0.6) is 0 Å². The number of carboxylic acid groups (broad SMARTS) is 1. The summed E-state index contributed by atoms with van der Waals surface area (Å²) in [5.74, 6) is -0.412. The maximum atomic E-state index is 9.99. The highest BCUT2D eigenvalue weighted by molar-refractivity contribution is 5.66. The molecule has 0 rings (SSSR count). The summed E-state index contributed by atoms with van der Waals surface area (Å²) in [5.41, 5.74) is 0. The molecule has 52 valence electrons. The largest absolute Gasteiger partial charge is 0.481 e. The normalized spacial score (nSPS) is 12.6. The molecule has 0 aliphatic heterocycles. The van der Waals surface area contributed by atoms with Crippen molar-refractivity contribution in [3.8, 4) is 0 Å². The van der Waals surface area contributed by atoms with Crippen LogP contribution in [0.25, 0.3) is 0 Å². The molecule has 0 fully saturated rings. The second-order valence-corrected chi connectivity index (χ2v) is 2.15. The van der Waals surface area contributed by atoms with Gasteiger partial charge in [-0.3, -0.25) is 4.79 Å². The Morgan fingerprint density at radius 3 is 2.78 bits per heavy atom. The van der Waals surface area contributed by atoms with E-state index in [2.05, 4.69) is 6.58 Å². The molecule has 1 atom stereocenters. The molecule has 0 amide bonds. The number of rotatable bonds is 4. The molecule has 0 spiro atoms. The fourth-order valence-corrected chi connectivity index (χ4v) is 0.469. The van der Waals surface area contributed by atoms with Gasteiger partial charge in [-0.2, -0.15) is 0 Å². The second kappa shape index (κ2) is 4.13. The molecule has 0 bridgehead atoms. The van der Waals surface area contributed by atoms with E-state index in [1.165, 1.54) is 0 Å².